The van der Waals surface area contributed by atoms with Crippen molar-refractivity contribution < 1.29 is 8.78 Å². The number of anilines is 1. The Morgan fingerprint density at radius 3 is 2.79 bits per heavy atom. The third-order valence-electron chi connectivity index (χ3n) is 3.52. The molecule has 1 aliphatic heterocycles. The lowest BCUT2D eigenvalue weighted by molar-refractivity contribution is 0.574. The molecule has 0 aliphatic carbocycles. The van der Waals surface area contributed by atoms with Gasteiger partial charge < -0.3 is 5.32 Å². The normalized spacial score (nSPS) is 13.8. The molecule has 98 valence electrons. The number of rotatable bonds is 2. The van der Waals surface area contributed by atoms with Gasteiger partial charge in [0.25, 0.3) is 0 Å². The van der Waals surface area contributed by atoms with Gasteiger partial charge in [0, 0.05) is 24.7 Å². The molecule has 1 nitrogen and oxygen atoms in total. The van der Waals surface area contributed by atoms with Gasteiger partial charge in [-0.2, -0.15) is 0 Å². The number of fused-ring (bicyclic) bond motifs is 1. The molecule has 3 heteroatoms. The summed E-state index contributed by atoms with van der Waals surface area (Å²) in [7, 11) is 0. The first-order valence-electron chi connectivity index (χ1n) is 6.52. The van der Waals surface area contributed by atoms with Gasteiger partial charge in [0.1, 0.15) is 11.6 Å². The van der Waals surface area contributed by atoms with Crippen LogP contribution < -0.4 is 5.32 Å². The molecule has 1 heterocycles. The zero-order valence-electron chi connectivity index (χ0n) is 10.5. The van der Waals surface area contributed by atoms with Gasteiger partial charge in [0.05, 0.1) is 0 Å². The van der Waals surface area contributed by atoms with E-state index >= 15 is 0 Å². The van der Waals surface area contributed by atoms with Crippen molar-refractivity contribution in [2.24, 2.45) is 0 Å². The first kappa shape index (κ1) is 12.2. The average molecular weight is 259 g/mol. The van der Waals surface area contributed by atoms with E-state index < -0.39 is 11.6 Å². The van der Waals surface area contributed by atoms with Crippen molar-refractivity contribution in [3.05, 3.63) is 64.7 Å². The minimum Gasteiger partial charge on any atom is -0.385 e. The third-order valence-corrected chi connectivity index (χ3v) is 3.52. The maximum atomic E-state index is 13.6. The van der Waals surface area contributed by atoms with Crippen LogP contribution in [0.5, 0.6) is 0 Å². The summed E-state index contributed by atoms with van der Waals surface area (Å²) in [5.74, 6) is -1.01. The lowest BCUT2D eigenvalue weighted by Crippen LogP contribution is -2.11. The van der Waals surface area contributed by atoms with Crippen molar-refractivity contribution in [2.75, 3.05) is 11.9 Å². The monoisotopic (exact) mass is 259 g/mol. The number of hydrogen-bond donors (Lipinski definition) is 1. The molecule has 0 saturated heterocycles. The first-order chi connectivity index (χ1) is 9.22. The van der Waals surface area contributed by atoms with Crippen molar-refractivity contribution in [3.63, 3.8) is 0 Å². The average Bonchev–Trinajstić information content (AvgIpc) is 2.42. The number of hydrogen-bond acceptors (Lipinski definition) is 1. The van der Waals surface area contributed by atoms with Gasteiger partial charge in [-0.15, -0.1) is 0 Å². The fourth-order valence-electron chi connectivity index (χ4n) is 2.52. The molecule has 0 atom stereocenters. The fourth-order valence-corrected chi connectivity index (χ4v) is 2.52. The predicted octanol–water partition coefficient (Wildman–Crippen LogP) is 3.91. The topological polar surface area (TPSA) is 12.0 Å². The van der Waals surface area contributed by atoms with Crippen molar-refractivity contribution in [2.45, 2.75) is 19.3 Å². The van der Waals surface area contributed by atoms with Crippen LogP contribution in [0, 0.1) is 11.6 Å². The highest BCUT2D eigenvalue weighted by Crippen LogP contribution is 2.24. The molecule has 0 bridgehead atoms. The summed E-state index contributed by atoms with van der Waals surface area (Å²) in [4.78, 5) is 0. The van der Waals surface area contributed by atoms with Crippen molar-refractivity contribution >= 4 is 5.69 Å². The molecule has 1 aliphatic rings. The van der Waals surface area contributed by atoms with Crippen LogP contribution in [0.1, 0.15) is 23.1 Å². The smallest absolute Gasteiger partial charge is 0.129 e. The maximum absolute atomic E-state index is 13.6. The first-order valence-corrected chi connectivity index (χ1v) is 6.52. The van der Waals surface area contributed by atoms with Crippen LogP contribution in [0.15, 0.2) is 36.4 Å². The molecule has 0 aromatic heterocycles. The third kappa shape index (κ3) is 2.60. The van der Waals surface area contributed by atoms with Crippen molar-refractivity contribution in [1.82, 2.24) is 0 Å². The standard InChI is InChI=1S/C16H15F2N/c17-14-5-4-12(15(18)10-14)8-11-3-6-16-13(9-11)2-1-7-19-16/h3-6,9-10,19H,1-2,7-8H2. The quantitative estimate of drug-likeness (QED) is 0.862. The van der Waals surface area contributed by atoms with Gasteiger partial charge in [0.15, 0.2) is 0 Å². The number of benzene rings is 2. The Morgan fingerprint density at radius 2 is 1.95 bits per heavy atom. The zero-order valence-corrected chi connectivity index (χ0v) is 10.5. The van der Waals surface area contributed by atoms with E-state index in [2.05, 4.69) is 11.4 Å². The zero-order chi connectivity index (χ0) is 13.2. The Balaban J connectivity index is 1.87. The van der Waals surface area contributed by atoms with Gasteiger partial charge >= 0.3 is 0 Å². The Bertz CT molecular complexity index is 608. The van der Waals surface area contributed by atoms with E-state index in [9.17, 15) is 8.78 Å². The molecule has 3 rings (SSSR count). The molecule has 0 fully saturated rings. The fraction of sp³-hybridized carbons (Fsp3) is 0.250. The van der Waals surface area contributed by atoms with Gasteiger partial charge in [-0.3, -0.25) is 0 Å². The second-order valence-corrected chi connectivity index (χ2v) is 4.93. The summed E-state index contributed by atoms with van der Waals surface area (Å²) >= 11 is 0. The van der Waals surface area contributed by atoms with Gasteiger partial charge in [0.2, 0.25) is 0 Å². The van der Waals surface area contributed by atoms with Crippen LogP contribution in [0.3, 0.4) is 0 Å². The molecule has 0 spiro atoms. The van der Waals surface area contributed by atoms with Gasteiger partial charge in [-0.25, -0.2) is 8.78 Å². The van der Waals surface area contributed by atoms with E-state index in [1.165, 1.54) is 23.4 Å². The van der Waals surface area contributed by atoms with Crippen molar-refractivity contribution in [3.8, 4) is 0 Å². The molecule has 19 heavy (non-hydrogen) atoms. The van der Waals surface area contributed by atoms with Gasteiger partial charge in [-0.1, -0.05) is 18.2 Å². The molecular formula is C16H15F2N. The summed E-state index contributed by atoms with van der Waals surface area (Å²) in [6.45, 7) is 1.01. The van der Waals surface area contributed by atoms with E-state index in [1.54, 1.807) is 0 Å². The summed E-state index contributed by atoms with van der Waals surface area (Å²) < 4.78 is 26.5. The molecule has 0 saturated carbocycles. The largest absolute Gasteiger partial charge is 0.385 e. The van der Waals surface area contributed by atoms with E-state index in [4.69, 9.17) is 0 Å². The molecule has 1 N–H and O–H groups in total. The molecule has 2 aromatic rings. The van der Waals surface area contributed by atoms with Crippen LogP contribution in [0.25, 0.3) is 0 Å². The van der Waals surface area contributed by atoms with Crippen LogP contribution in [-0.4, -0.2) is 6.54 Å². The summed E-state index contributed by atoms with van der Waals surface area (Å²) in [5, 5.41) is 3.35. The van der Waals surface area contributed by atoms with Gasteiger partial charge in [-0.05, 0) is 41.7 Å². The van der Waals surface area contributed by atoms with Crippen LogP contribution >= 0.6 is 0 Å². The lowest BCUT2D eigenvalue weighted by atomic mass is 9.97. The number of aryl methyl sites for hydroxylation is 1. The minimum absolute atomic E-state index is 0.476. The summed E-state index contributed by atoms with van der Waals surface area (Å²) in [6.07, 6.45) is 2.68. The van der Waals surface area contributed by atoms with E-state index in [1.807, 2.05) is 12.1 Å². The Labute approximate surface area is 111 Å². The molecule has 2 aromatic carbocycles. The minimum atomic E-state index is -0.532. The lowest BCUT2D eigenvalue weighted by Gasteiger charge is -2.18. The van der Waals surface area contributed by atoms with Crippen LogP contribution in [-0.2, 0) is 12.8 Å². The Morgan fingerprint density at radius 1 is 1.05 bits per heavy atom. The highest BCUT2D eigenvalue weighted by molar-refractivity contribution is 5.54. The molecule has 0 radical (unpaired) electrons. The predicted molar refractivity (Wildman–Crippen MR) is 72.4 cm³/mol. The molecule has 0 unspecified atom stereocenters. The Hall–Kier alpha value is -1.90. The Kier molecular flexibility index (Phi) is 3.20. The van der Waals surface area contributed by atoms with Crippen LogP contribution in [0.4, 0.5) is 14.5 Å². The molecule has 0 amide bonds. The van der Waals surface area contributed by atoms with E-state index in [0.717, 1.165) is 31.0 Å². The van der Waals surface area contributed by atoms with E-state index in [0.29, 0.717) is 12.0 Å². The highest BCUT2D eigenvalue weighted by Gasteiger charge is 2.10. The summed E-state index contributed by atoms with van der Waals surface area (Å²) in [6, 6.07) is 9.92. The highest BCUT2D eigenvalue weighted by atomic mass is 19.1. The maximum Gasteiger partial charge on any atom is 0.129 e. The SMILES string of the molecule is Fc1ccc(Cc2ccc3c(c2)CCCN3)c(F)c1. The second-order valence-electron chi connectivity index (χ2n) is 4.93. The van der Waals surface area contributed by atoms with Crippen LogP contribution in [0.2, 0.25) is 0 Å². The summed E-state index contributed by atoms with van der Waals surface area (Å²) in [5.41, 5.74) is 4.05. The van der Waals surface area contributed by atoms with Crippen molar-refractivity contribution in [1.29, 1.82) is 0 Å². The number of halogens is 2. The second kappa shape index (κ2) is 5.00. The number of nitrogens with one attached hydrogen (secondary N) is 1. The van der Waals surface area contributed by atoms with E-state index in [-0.39, 0.29) is 0 Å². The molecular weight excluding hydrogens is 244 g/mol.